The van der Waals surface area contributed by atoms with Crippen molar-refractivity contribution in [2.75, 3.05) is 12.3 Å². The molecule has 0 aliphatic heterocycles. The SMILES string of the molecule is Nc1c(Cl)cccc1C(=O)NCC(O)C(F)F. The van der Waals surface area contributed by atoms with Crippen LogP contribution in [0.15, 0.2) is 18.2 Å². The van der Waals surface area contributed by atoms with Crippen LogP contribution in [0.4, 0.5) is 14.5 Å². The van der Waals surface area contributed by atoms with Gasteiger partial charge in [0, 0.05) is 6.54 Å². The zero-order chi connectivity index (χ0) is 13.0. The number of rotatable bonds is 4. The molecule has 1 unspecified atom stereocenters. The summed E-state index contributed by atoms with van der Waals surface area (Å²) >= 11 is 5.70. The second-order valence-electron chi connectivity index (χ2n) is 3.31. The molecule has 4 N–H and O–H groups in total. The highest BCUT2D eigenvalue weighted by Gasteiger charge is 2.18. The number of aliphatic hydroxyl groups is 1. The minimum atomic E-state index is -2.91. The molecular weight excluding hydrogens is 254 g/mol. The smallest absolute Gasteiger partial charge is 0.265 e. The molecule has 0 fully saturated rings. The van der Waals surface area contributed by atoms with Crippen molar-refractivity contribution >= 4 is 23.2 Å². The monoisotopic (exact) mass is 264 g/mol. The molecule has 1 atom stereocenters. The molecule has 0 radical (unpaired) electrons. The number of hydrogen-bond donors (Lipinski definition) is 3. The fraction of sp³-hybridized carbons (Fsp3) is 0.300. The lowest BCUT2D eigenvalue weighted by molar-refractivity contribution is -0.00269. The molecule has 1 aromatic rings. The highest BCUT2D eigenvalue weighted by atomic mass is 35.5. The first kappa shape index (κ1) is 13.7. The number of nitrogens with one attached hydrogen (secondary N) is 1. The predicted octanol–water partition coefficient (Wildman–Crippen LogP) is 1.28. The molecule has 0 aliphatic carbocycles. The highest BCUT2D eigenvalue weighted by molar-refractivity contribution is 6.33. The second kappa shape index (κ2) is 5.79. The number of para-hydroxylation sites is 1. The Hall–Kier alpha value is -1.40. The molecule has 0 heterocycles. The highest BCUT2D eigenvalue weighted by Crippen LogP contribution is 2.22. The molecule has 0 saturated carbocycles. The summed E-state index contributed by atoms with van der Waals surface area (Å²) < 4.78 is 24.0. The van der Waals surface area contributed by atoms with E-state index < -0.39 is 25.0 Å². The number of halogens is 3. The van der Waals surface area contributed by atoms with Gasteiger partial charge in [0.1, 0.15) is 6.10 Å². The molecule has 1 rings (SSSR count). The van der Waals surface area contributed by atoms with Crippen LogP contribution >= 0.6 is 11.6 Å². The van der Waals surface area contributed by atoms with Crippen LogP contribution in [0.5, 0.6) is 0 Å². The lowest BCUT2D eigenvalue weighted by Gasteiger charge is -2.12. The maximum atomic E-state index is 12.0. The van der Waals surface area contributed by atoms with E-state index in [0.29, 0.717) is 0 Å². The summed E-state index contributed by atoms with van der Waals surface area (Å²) in [5.74, 6) is -0.662. The van der Waals surface area contributed by atoms with Crippen LogP contribution in [0, 0.1) is 0 Å². The summed E-state index contributed by atoms with van der Waals surface area (Å²) in [6.07, 6.45) is -4.81. The summed E-state index contributed by atoms with van der Waals surface area (Å²) in [5, 5.41) is 11.2. The van der Waals surface area contributed by atoms with Crippen molar-refractivity contribution in [2.24, 2.45) is 0 Å². The summed E-state index contributed by atoms with van der Waals surface area (Å²) in [4.78, 5) is 11.5. The van der Waals surface area contributed by atoms with Crippen LogP contribution in [0.2, 0.25) is 5.02 Å². The first-order chi connectivity index (χ1) is 7.93. The van der Waals surface area contributed by atoms with Gasteiger partial charge in [-0.1, -0.05) is 17.7 Å². The number of carbonyl (C=O) groups is 1. The zero-order valence-electron chi connectivity index (χ0n) is 8.66. The standard InChI is InChI=1S/C10H11ClF2N2O2/c11-6-3-1-2-5(8(6)14)10(17)15-4-7(16)9(12)13/h1-3,7,9,16H,4,14H2,(H,15,17). The van der Waals surface area contributed by atoms with Crippen LogP contribution in [0.25, 0.3) is 0 Å². The van der Waals surface area contributed by atoms with Gasteiger partial charge in [0.2, 0.25) is 0 Å². The normalized spacial score (nSPS) is 12.5. The number of aliphatic hydroxyl groups excluding tert-OH is 1. The van der Waals surface area contributed by atoms with Crippen LogP contribution < -0.4 is 11.1 Å². The first-order valence-electron chi connectivity index (χ1n) is 4.72. The van der Waals surface area contributed by atoms with Crippen LogP contribution in [0.1, 0.15) is 10.4 Å². The van der Waals surface area contributed by atoms with Gasteiger partial charge in [-0.25, -0.2) is 8.78 Å². The molecular formula is C10H11ClF2N2O2. The fourth-order valence-corrected chi connectivity index (χ4v) is 1.29. The number of nitrogen functional groups attached to an aromatic ring is 1. The lowest BCUT2D eigenvalue weighted by Crippen LogP contribution is -2.36. The Morgan fingerprint density at radius 1 is 1.53 bits per heavy atom. The van der Waals surface area contributed by atoms with Crippen molar-refractivity contribution in [2.45, 2.75) is 12.5 Å². The van der Waals surface area contributed by atoms with Gasteiger partial charge in [-0.05, 0) is 12.1 Å². The topological polar surface area (TPSA) is 75.4 Å². The maximum Gasteiger partial charge on any atom is 0.265 e. The van der Waals surface area contributed by atoms with E-state index in [-0.39, 0.29) is 16.3 Å². The van der Waals surface area contributed by atoms with Gasteiger partial charge in [-0.2, -0.15) is 0 Å². The van der Waals surface area contributed by atoms with Crippen LogP contribution in [-0.4, -0.2) is 30.1 Å². The zero-order valence-corrected chi connectivity index (χ0v) is 9.42. The largest absolute Gasteiger partial charge is 0.397 e. The van der Waals surface area contributed by atoms with Crippen molar-refractivity contribution in [1.29, 1.82) is 0 Å². The van der Waals surface area contributed by atoms with Crippen molar-refractivity contribution in [3.8, 4) is 0 Å². The Balaban J connectivity index is 2.68. The molecule has 94 valence electrons. The van der Waals surface area contributed by atoms with E-state index in [4.69, 9.17) is 22.4 Å². The van der Waals surface area contributed by atoms with Gasteiger partial charge in [-0.3, -0.25) is 4.79 Å². The molecule has 1 aromatic carbocycles. The van der Waals surface area contributed by atoms with Crippen molar-refractivity contribution in [1.82, 2.24) is 5.32 Å². The molecule has 0 spiro atoms. The second-order valence-corrected chi connectivity index (χ2v) is 3.72. The summed E-state index contributed by atoms with van der Waals surface area (Å²) in [6.45, 7) is -0.553. The van der Waals surface area contributed by atoms with Gasteiger partial charge in [0.25, 0.3) is 12.3 Å². The number of benzene rings is 1. The average Bonchev–Trinajstić information content (AvgIpc) is 2.29. The van der Waals surface area contributed by atoms with Crippen LogP contribution in [-0.2, 0) is 0 Å². The third kappa shape index (κ3) is 3.54. The molecule has 17 heavy (non-hydrogen) atoms. The summed E-state index contributed by atoms with van der Waals surface area (Å²) in [7, 11) is 0. The molecule has 0 bridgehead atoms. The molecule has 0 saturated heterocycles. The van der Waals surface area contributed by atoms with Gasteiger partial charge in [0.15, 0.2) is 0 Å². The molecule has 0 aliphatic rings. The fourth-order valence-electron chi connectivity index (χ4n) is 1.12. The van der Waals surface area contributed by atoms with E-state index in [1.165, 1.54) is 18.2 Å². The van der Waals surface area contributed by atoms with Gasteiger partial charge >= 0.3 is 0 Å². The number of amides is 1. The van der Waals surface area contributed by atoms with E-state index in [2.05, 4.69) is 5.32 Å². The maximum absolute atomic E-state index is 12.0. The number of nitrogens with two attached hydrogens (primary N) is 1. The lowest BCUT2D eigenvalue weighted by atomic mass is 10.1. The Morgan fingerprint density at radius 3 is 2.76 bits per heavy atom. The number of hydrogen-bond acceptors (Lipinski definition) is 3. The van der Waals surface area contributed by atoms with E-state index in [1.807, 2.05) is 0 Å². The quantitative estimate of drug-likeness (QED) is 0.717. The van der Waals surface area contributed by atoms with Gasteiger partial charge in [-0.15, -0.1) is 0 Å². The van der Waals surface area contributed by atoms with Crippen molar-refractivity contribution < 1.29 is 18.7 Å². The molecule has 7 heteroatoms. The average molecular weight is 265 g/mol. The van der Waals surface area contributed by atoms with E-state index >= 15 is 0 Å². The van der Waals surface area contributed by atoms with E-state index in [9.17, 15) is 13.6 Å². The Kier molecular flexibility index (Phi) is 4.65. The van der Waals surface area contributed by atoms with Crippen LogP contribution in [0.3, 0.4) is 0 Å². The number of carbonyl (C=O) groups excluding carboxylic acids is 1. The minimum Gasteiger partial charge on any atom is -0.397 e. The van der Waals surface area contributed by atoms with E-state index in [0.717, 1.165) is 0 Å². The number of alkyl halides is 2. The van der Waals surface area contributed by atoms with Crippen molar-refractivity contribution in [3.05, 3.63) is 28.8 Å². The Labute approximate surface area is 101 Å². The van der Waals surface area contributed by atoms with Gasteiger partial charge in [0.05, 0.1) is 16.3 Å². The minimum absolute atomic E-state index is 0.0678. The van der Waals surface area contributed by atoms with Crippen molar-refractivity contribution in [3.63, 3.8) is 0 Å². The van der Waals surface area contributed by atoms with Gasteiger partial charge < -0.3 is 16.2 Å². The Bertz CT molecular complexity index is 415. The summed E-state index contributed by atoms with van der Waals surface area (Å²) in [5.41, 5.74) is 5.70. The first-order valence-corrected chi connectivity index (χ1v) is 5.09. The molecule has 1 amide bonds. The Morgan fingerprint density at radius 2 is 2.18 bits per heavy atom. The third-order valence-corrected chi connectivity index (χ3v) is 2.39. The summed E-state index contributed by atoms with van der Waals surface area (Å²) in [6, 6.07) is 4.42. The van der Waals surface area contributed by atoms with E-state index in [1.54, 1.807) is 0 Å². The molecule has 4 nitrogen and oxygen atoms in total. The number of anilines is 1. The third-order valence-electron chi connectivity index (χ3n) is 2.06. The molecule has 0 aromatic heterocycles. The predicted molar refractivity (Wildman–Crippen MR) is 60.2 cm³/mol.